The molecule has 0 unspecified atom stereocenters. The number of benzene rings is 3. The molecule has 5 heteroatoms. The molecule has 0 radical (unpaired) electrons. The van der Waals surface area contributed by atoms with Crippen LogP contribution in [0.5, 0.6) is 0 Å². The van der Waals surface area contributed by atoms with E-state index in [-0.39, 0.29) is 17.5 Å². The van der Waals surface area contributed by atoms with E-state index in [9.17, 15) is 13.2 Å². The van der Waals surface area contributed by atoms with Crippen molar-refractivity contribution >= 4 is 22.7 Å². The molecule has 0 aliphatic carbocycles. The smallest absolute Gasteiger partial charge is 0.377 e. The van der Waals surface area contributed by atoms with Crippen LogP contribution in [0.25, 0.3) is 5.47 Å². The van der Waals surface area contributed by atoms with E-state index in [0.717, 1.165) is 27.5 Å². The van der Waals surface area contributed by atoms with Crippen molar-refractivity contribution in [2.45, 2.75) is 6.92 Å². The van der Waals surface area contributed by atoms with Crippen LogP contribution in [0.2, 0.25) is 0 Å². The first kappa shape index (κ1) is 18.6. The van der Waals surface area contributed by atoms with Crippen molar-refractivity contribution in [3.8, 4) is 0 Å². The van der Waals surface area contributed by atoms with Gasteiger partial charge in [0.2, 0.25) is 0 Å². The normalized spacial score (nSPS) is 16.6. The first-order valence-corrected chi connectivity index (χ1v) is 9.18. The van der Waals surface area contributed by atoms with E-state index in [2.05, 4.69) is 4.28 Å². The summed E-state index contributed by atoms with van der Waals surface area (Å²) in [6.45, 7) is 2.67. The SMILES string of the molecule is CC1=C(c2ccc(F)cc2)[B-](c2ccc(F)cc2)(c2ccc(F)cc2)[O+](C)C1. The third-order valence-electron chi connectivity index (χ3n) is 5.75. The second-order valence-corrected chi connectivity index (χ2v) is 7.43. The van der Waals surface area contributed by atoms with Crippen molar-refractivity contribution in [1.82, 2.24) is 0 Å². The van der Waals surface area contributed by atoms with Crippen molar-refractivity contribution < 1.29 is 17.5 Å². The Morgan fingerprint density at radius 3 is 1.50 bits per heavy atom. The summed E-state index contributed by atoms with van der Waals surface area (Å²) in [7, 11) is 1.94. The fourth-order valence-corrected chi connectivity index (χ4v) is 4.66. The molecule has 0 bridgehead atoms. The third-order valence-corrected chi connectivity index (χ3v) is 5.75. The van der Waals surface area contributed by atoms with Crippen LogP contribution in [0.3, 0.4) is 0 Å². The van der Waals surface area contributed by atoms with Gasteiger partial charge in [-0.15, -0.1) is 10.9 Å². The molecule has 1 aliphatic heterocycles. The second kappa shape index (κ2) is 6.99. The highest BCUT2D eigenvalue weighted by Gasteiger charge is 2.50. The molecule has 4 rings (SSSR count). The van der Waals surface area contributed by atoms with Gasteiger partial charge < -0.3 is 4.28 Å². The van der Waals surface area contributed by atoms with E-state index in [1.165, 1.54) is 36.4 Å². The zero-order valence-corrected chi connectivity index (χ0v) is 15.8. The maximum Gasteiger partial charge on any atom is 0.377 e. The summed E-state index contributed by atoms with van der Waals surface area (Å²) >= 11 is 0. The van der Waals surface area contributed by atoms with Gasteiger partial charge in [0.05, 0.1) is 7.11 Å². The van der Waals surface area contributed by atoms with Crippen molar-refractivity contribution in [2.24, 2.45) is 0 Å². The highest BCUT2D eigenvalue weighted by atomic mass is 19.1. The molecule has 0 aromatic heterocycles. The van der Waals surface area contributed by atoms with Gasteiger partial charge in [0.25, 0.3) is 0 Å². The molecule has 0 fully saturated rings. The Bertz CT molecular complexity index is 979. The van der Waals surface area contributed by atoms with Gasteiger partial charge in [-0.25, -0.2) is 13.2 Å². The predicted molar refractivity (Wildman–Crippen MR) is 109 cm³/mol. The predicted octanol–water partition coefficient (Wildman–Crippen LogP) is 4.37. The lowest BCUT2D eigenvalue weighted by Crippen LogP contribution is -2.64. The van der Waals surface area contributed by atoms with Gasteiger partial charge in [-0.1, -0.05) is 47.4 Å². The van der Waals surface area contributed by atoms with Crippen LogP contribution in [-0.4, -0.2) is 20.1 Å². The van der Waals surface area contributed by atoms with Gasteiger partial charge >= 0.3 is 6.35 Å². The fraction of sp³-hybridized carbons (Fsp3) is 0.130. The van der Waals surface area contributed by atoms with Gasteiger partial charge in [0.15, 0.2) is 0 Å². The molecule has 3 aromatic rings. The Morgan fingerprint density at radius 1 is 0.679 bits per heavy atom. The molecule has 1 aliphatic rings. The lowest BCUT2D eigenvalue weighted by molar-refractivity contribution is 0.0845. The zero-order valence-electron chi connectivity index (χ0n) is 15.8. The first-order chi connectivity index (χ1) is 13.4. The van der Waals surface area contributed by atoms with Gasteiger partial charge in [0.1, 0.15) is 24.1 Å². The Balaban J connectivity index is 2.03. The van der Waals surface area contributed by atoms with Gasteiger partial charge in [-0.2, -0.15) is 0 Å². The summed E-state index contributed by atoms with van der Waals surface area (Å²) in [6, 6.07) is 19.2. The van der Waals surface area contributed by atoms with Crippen LogP contribution in [0.15, 0.2) is 78.4 Å². The standard InChI is InChI=1S/C23H20BF3O/c1-16-15-28(2)24(18-5-11-21(26)12-6-18,19-7-13-22(27)14-8-19)23(16)17-3-9-20(25)10-4-17/h3-14H,15H2,1-2H3. The minimum absolute atomic E-state index is 0.303. The monoisotopic (exact) mass is 380 g/mol. The Morgan fingerprint density at radius 2 is 1.07 bits per heavy atom. The Labute approximate surface area is 162 Å². The summed E-state index contributed by atoms with van der Waals surface area (Å²) in [5.74, 6) is -0.936. The Kier molecular flexibility index (Phi) is 4.64. The van der Waals surface area contributed by atoms with Crippen molar-refractivity contribution in [2.75, 3.05) is 13.7 Å². The van der Waals surface area contributed by atoms with Crippen molar-refractivity contribution in [3.05, 3.63) is 101 Å². The highest BCUT2D eigenvalue weighted by molar-refractivity contribution is 7.12. The minimum Gasteiger partial charge on any atom is -0.659 e. The molecule has 0 saturated carbocycles. The van der Waals surface area contributed by atoms with Crippen molar-refractivity contribution in [3.63, 3.8) is 0 Å². The van der Waals surface area contributed by atoms with Gasteiger partial charge in [-0.05, 0) is 48.9 Å². The minimum atomic E-state index is -1.71. The second-order valence-electron chi connectivity index (χ2n) is 7.43. The molecular formula is C23H20BF3O. The Hall–Kier alpha value is -2.79. The molecule has 0 N–H and O–H groups in total. The van der Waals surface area contributed by atoms with E-state index < -0.39 is 6.35 Å². The molecule has 0 saturated heterocycles. The third kappa shape index (κ3) is 2.87. The van der Waals surface area contributed by atoms with Crippen LogP contribution in [-0.2, 0) is 4.28 Å². The number of hydrogen-bond acceptors (Lipinski definition) is 0. The van der Waals surface area contributed by atoms with Crippen LogP contribution in [0.1, 0.15) is 12.5 Å². The molecule has 0 atom stereocenters. The topological polar surface area (TPSA) is 2.70 Å². The number of hydrogen-bond donors (Lipinski definition) is 0. The van der Waals surface area contributed by atoms with Gasteiger partial charge in [0, 0.05) is 0 Å². The molecule has 1 heterocycles. The quantitative estimate of drug-likeness (QED) is 0.469. The largest absolute Gasteiger partial charge is 0.659 e. The number of halogens is 3. The van der Waals surface area contributed by atoms with Crippen LogP contribution in [0, 0.1) is 17.5 Å². The molecule has 1 nitrogen and oxygen atoms in total. The van der Waals surface area contributed by atoms with Crippen molar-refractivity contribution in [1.29, 1.82) is 0 Å². The summed E-state index contributed by atoms with van der Waals surface area (Å²) in [6.07, 6.45) is -1.71. The maximum atomic E-state index is 13.7. The lowest BCUT2D eigenvalue weighted by atomic mass is 9.27. The van der Waals surface area contributed by atoms with E-state index in [4.69, 9.17) is 0 Å². The summed E-state index contributed by atoms with van der Waals surface area (Å²) in [4.78, 5) is 0. The van der Waals surface area contributed by atoms with Gasteiger partial charge in [-0.3, -0.25) is 0 Å². The van der Waals surface area contributed by atoms with E-state index >= 15 is 0 Å². The average Bonchev–Trinajstić information content (AvgIpc) is 2.94. The summed E-state index contributed by atoms with van der Waals surface area (Å²) < 4.78 is 44.1. The summed E-state index contributed by atoms with van der Waals surface area (Å²) in [5.41, 5.74) is 4.84. The molecule has 0 amide bonds. The maximum absolute atomic E-state index is 13.7. The fourth-order valence-electron chi connectivity index (χ4n) is 4.66. The van der Waals surface area contributed by atoms with E-state index in [0.29, 0.717) is 6.61 Å². The highest BCUT2D eigenvalue weighted by Crippen LogP contribution is 2.39. The van der Waals surface area contributed by atoms with E-state index in [1.54, 1.807) is 36.4 Å². The molecular weight excluding hydrogens is 360 g/mol. The molecule has 3 aromatic carbocycles. The summed E-state index contributed by atoms with van der Waals surface area (Å²) in [5, 5.41) is 0. The zero-order chi connectivity index (χ0) is 19.9. The van der Waals surface area contributed by atoms with Crippen LogP contribution >= 0.6 is 0 Å². The average molecular weight is 380 g/mol. The lowest BCUT2D eigenvalue weighted by Gasteiger charge is -2.43. The first-order valence-electron chi connectivity index (χ1n) is 9.18. The van der Waals surface area contributed by atoms with Crippen LogP contribution in [0.4, 0.5) is 13.2 Å². The van der Waals surface area contributed by atoms with E-state index in [1.807, 2.05) is 14.0 Å². The molecule has 28 heavy (non-hydrogen) atoms. The molecule has 142 valence electrons. The number of rotatable bonds is 3. The van der Waals surface area contributed by atoms with Crippen LogP contribution < -0.4 is 10.9 Å². The molecule has 0 spiro atoms.